The molecule has 5 nitrogen and oxygen atoms in total. The van der Waals surface area contributed by atoms with E-state index in [2.05, 4.69) is 47.3 Å². The molecule has 27 heavy (non-hydrogen) atoms. The Hall–Kier alpha value is -1.64. The van der Waals surface area contributed by atoms with Crippen molar-refractivity contribution in [3.05, 3.63) is 53.1 Å². The molecule has 0 radical (unpaired) electrons. The lowest BCUT2D eigenvalue weighted by molar-refractivity contribution is 0.499. The number of fused-ring (bicyclic) bond motifs is 1. The average Bonchev–Trinajstić information content (AvgIpc) is 3.05. The number of guanidine groups is 1. The first-order valence-corrected chi connectivity index (χ1v) is 9.41. The van der Waals surface area contributed by atoms with Crippen LogP contribution < -0.4 is 10.6 Å². The van der Waals surface area contributed by atoms with Gasteiger partial charge < -0.3 is 10.6 Å². The van der Waals surface area contributed by atoms with Gasteiger partial charge in [0, 0.05) is 31.2 Å². The van der Waals surface area contributed by atoms with E-state index < -0.39 is 0 Å². The van der Waals surface area contributed by atoms with Crippen LogP contribution in [0, 0.1) is 5.82 Å². The molecule has 148 valence electrons. The van der Waals surface area contributed by atoms with Crippen molar-refractivity contribution in [2.45, 2.75) is 58.7 Å². The largest absolute Gasteiger partial charge is 0.357 e. The molecule has 1 heterocycles. The fraction of sp³-hybridized carbons (Fsp3) is 0.500. The van der Waals surface area contributed by atoms with Gasteiger partial charge in [0.2, 0.25) is 0 Å². The van der Waals surface area contributed by atoms with Gasteiger partial charge in [0.25, 0.3) is 0 Å². The van der Waals surface area contributed by atoms with E-state index in [0.29, 0.717) is 18.6 Å². The Morgan fingerprint density at radius 1 is 1.33 bits per heavy atom. The van der Waals surface area contributed by atoms with Gasteiger partial charge in [0.15, 0.2) is 5.96 Å². The molecule has 0 fully saturated rings. The van der Waals surface area contributed by atoms with Crippen molar-refractivity contribution in [2.24, 2.45) is 4.99 Å². The lowest BCUT2D eigenvalue weighted by atomic mass is 9.94. The van der Waals surface area contributed by atoms with Crippen LogP contribution in [0.2, 0.25) is 0 Å². The highest BCUT2D eigenvalue weighted by atomic mass is 127. The summed E-state index contributed by atoms with van der Waals surface area (Å²) in [5.41, 5.74) is 3.55. The van der Waals surface area contributed by atoms with E-state index >= 15 is 0 Å². The third-order valence-corrected chi connectivity index (χ3v) is 4.64. The second-order valence-electron chi connectivity index (χ2n) is 7.08. The first kappa shape index (κ1) is 21.7. The van der Waals surface area contributed by atoms with Crippen molar-refractivity contribution < 1.29 is 4.39 Å². The highest BCUT2D eigenvalue weighted by Gasteiger charge is 2.22. The Morgan fingerprint density at radius 2 is 2.07 bits per heavy atom. The molecule has 2 aromatic rings. The SMILES string of the molecule is CCNC(=NCc1ccc(F)cc1)NC1CCc2cn(C(C)C)nc2C1.I. The number of hydrogen-bond acceptors (Lipinski definition) is 2. The van der Waals surface area contributed by atoms with Crippen LogP contribution in [-0.2, 0) is 19.4 Å². The highest BCUT2D eigenvalue weighted by Crippen LogP contribution is 2.21. The van der Waals surface area contributed by atoms with Crippen LogP contribution in [0.5, 0.6) is 0 Å². The summed E-state index contributed by atoms with van der Waals surface area (Å²) < 4.78 is 15.1. The maximum atomic E-state index is 13.0. The van der Waals surface area contributed by atoms with Crippen LogP contribution >= 0.6 is 24.0 Å². The van der Waals surface area contributed by atoms with E-state index in [9.17, 15) is 4.39 Å². The molecule has 7 heteroatoms. The predicted molar refractivity (Wildman–Crippen MR) is 118 cm³/mol. The lowest BCUT2D eigenvalue weighted by Gasteiger charge is -2.24. The first-order chi connectivity index (χ1) is 12.5. The third kappa shape index (κ3) is 5.92. The predicted octanol–water partition coefficient (Wildman–Crippen LogP) is 3.83. The van der Waals surface area contributed by atoms with Gasteiger partial charge in [-0.25, -0.2) is 9.38 Å². The van der Waals surface area contributed by atoms with Crippen molar-refractivity contribution in [1.29, 1.82) is 0 Å². The van der Waals surface area contributed by atoms with Gasteiger partial charge in [-0.1, -0.05) is 12.1 Å². The zero-order valence-corrected chi connectivity index (χ0v) is 18.5. The number of aliphatic imine (C=N–C) groups is 1. The molecule has 0 saturated heterocycles. The van der Waals surface area contributed by atoms with E-state index in [1.54, 1.807) is 12.1 Å². The maximum absolute atomic E-state index is 13.0. The number of benzene rings is 1. The van der Waals surface area contributed by atoms with Crippen LogP contribution in [0.1, 0.15) is 50.1 Å². The molecule has 1 unspecified atom stereocenters. The Balaban J connectivity index is 0.00000261. The molecule has 1 aliphatic rings. The minimum Gasteiger partial charge on any atom is -0.357 e. The van der Waals surface area contributed by atoms with Crippen LogP contribution in [0.25, 0.3) is 0 Å². The molecule has 1 aromatic carbocycles. The number of aryl methyl sites for hydroxylation is 1. The normalized spacial score (nSPS) is 16.6. The van der Waals surface area contributed by atoms with Gasteiger partial charge in [-0.2, -0.15) is 5.10 Å². The fourth-order valence-corrected chi connectivity index (χ4v) is 3.17. The summed E-state index contributed by atoms with van der Waals surface area (Å²) in [6.07, 6.45) is 5.20. The van der Waals surface area contributed by atoms with E-state index in [0.717, 1.165) is 37.3 Å². The monoisotopic (exact) mass is 485 g/mol. The lowest BCUT2D eigenvalue weighted by Crippen LogP contribution is -2.45. The van der Waals surface area contributed by atoms with Gasteiger partial charge in [-0.05, 0) is 56.9 Å². The zero-order chi connectivity index (χ0) is 18.5. The molecular formula is C20H29FIN5. The van der Waals surface area contributed by atoms with Crippen LogP contribution in [-0.4, -0.2) is 28.3 Å². The Labute approximate surface area is 177 Å². The number of halogens is 2. The molecule has 0 saturated carbocycles. The van der Waals surface area contributed by atoms with Crippen LogP contribution in [0.4, 0.5) is 4.39 Å². The number of aromatic nitrogens is 2. The van der Waals surface area contributed by atoms with E-state index in [1.165, 1.54) is 23.4 Å². The Bertz CT molecular complexity index is 754. The molecule has 0 amide bonds. The number of nitrogens with zero attached hydrogens (tertiary/aromatic N) is 3. The third-order valence-electron chi connectivity index (χ3n) is 4.64. The summed E-state index contributed by atoms with van der Waals surface area (Å²) in [5.74, 6) is 0.579. The second kappa shape index (κ2) is 10.1. The van der Waals surface area contributed by atoms with Gasteiger partial charge in [0.1, 0.15) is 5.82 Å². The molecule has 0 aliphatic heterocycles. The number of nitrogens with one attached hydrogen (secondary N) is 2. The standard InChI is InChI=1S/C20H28FN5.HI/c1-4-22-20(23-12-15-5-8-17(21)9-6-15)24-18-10-7-16-13-26(14(2)3)25-19(16)11-18;/h5-6,8-9,13-14,18H,4,7,10-12H2,1-3H3,(H2,22,23,24);1H. The van der Waals surface area contributed by atoms with Crippen molar-refractivity contribution in [3.63, 3.8) is 0 Å². The Kier molecular flexibility index (Phi) is 8.07. The smallest absolute Gasteiger partial charge is 0.191 e. The van der Waals surface area contributed by atoms with E-state index in [4.69, 9.17) is 5.10 Å². The van der Waals surface area contributed by atoms with Crippen molar-refractivity contribution in [2.75, 3.05) is 6.54 Å². The quantitative estimate of drug-likeness (QED) is 0.385. The van der Waals surface area contributed by atoms with Gasteiger partial charge in [-0.15, -0.1) is 24.0 Å². The second-order valence-corrected chi connectivity index (χ2v) is 7.08. The van der Waals surface area contributed by atoms with Crippen molar-refractivity contribution >= 4 is 29.9 Å². The van der Waals surface area contributed by atoms with Crippen LogP contribution in [0.15, 0.2) is 35.5 Å². The Morgan fingerprint density at radius 3 is 2.74 bits per heavy atom. The summed E-state index contributed by atoms with van der Waals surface area (Å²) in [5, 5.41) is 11.6. The van der Waals surface area contributed by atoms with Gasteiger partial charge in [0.05, 0.1) is 12.2 Å². The summed E-state index contributed by atoms with van der Waals surface area (Å²) in [4.78, 5) is 4.64. The summed E-state index contributed by atoms with van der Waals surface area (Å²) in [6, 6.07) is 7.20. The minimum absolute atomic E-state index is 0. The molecule has 1 atom stereocenters. The highest BCUT2D eigenvalue weighted by molar-refractivity contribution is 14.0. The van der Waals surface area contributed by atoms with E-state index in [1.807, 2.05) is 0 Å². The van der Waals surface area contributed by atoms with Gasteiger partial charge >= 0.3 is 0 Å². The molecule has 1 aromatic heterocycles. The molecule has 0 bridgehead atoms. The number of hydrogen-bond donors (Lipinski definition) is 2. The fourth-order valence-electron chi connectivity index (χ4n) is 3.17. The van der Waals surface area contributed by atoms with Crippen molar-refractivity contribution in [3.8, 4) is 0 Å². The summed E-state index contributed by atoms with van der Waals surface area (Å²) in [6.45, 7) is 7.68. The first-order valence-electron chi connectivity index (χ1n) is 9.41. The summed E-state index contributed by atoms with van der Waals surface area (Å²) >= 11 is 0. The molecule has 2 N–H and O–H groups in total. The zero-order valence-electron chi connectivity index (χ0n) is 16.2. The maximum Gasteiger partial charge on any atom is 0.191 e. The number of rotatable bonds is 5. The molecule has 3 rings (SSSR count). The molecule has 0 spiro atoms. The minimum atomic E-state index is -0.221. The topological polar surface area (TPSA) is 54.2 Å². The van der Waals surface area contributed by atoms with Crippen molar-refractivity contribution in [1.82, 2.24) is 20.4 Å². The average molecular weight is 485 g/mol. The van der Waals surface area contributed by atoms with E-state index in [-0.39, 0.29) is 29.8 Å². The van der Waals surface area contributed by atoms with Gasteiger partial charge in [-0.3, -0.25) is 4.68 Å². The molecule has 1 aliphatic carbocycles. The van der Waals surface area contributed by atoms with Crippen LogP contribution in [0.3, 0.4) is 0 Å². The molecular weight excluding hydrogens is 456 g/mol. The summed E-state index contributed by atoms with van der Waals surface area (Å²) in [7, 11) is 0.